The van der Waals surface area contributed by atoms with Crippen molar-refractivity contribution in [1.82, 2.24) is 9.88 Å². The number of nitrogens with two attached hydrogens (primary N) is 1. The Morgan fingerprint density at radius 1 is 1.47 bits per heavy atom. The number of likely N-dealkylation sites (N-methyl/N-ethyl adjacent to an activating group) is 1. The summed E-state index contributed by atoms with van der Waals surface area (Å²) in [4.78, 5) is 6.26. The molecule has 1 rings (SSSR count). The van der Waals surface area contributed by atoms with Crippen LogP contribution in [0.3, 0.4) is 0 Å². The molecule has 0 aliphatic rings. The zero-order valence-corrected chi connectivity index (χ0v) is 11.0. The molecular formula is C13H23N3O. The lowest BCUT2D eigenvalue weighted by atomic mass is 10.1. The SMILES string of the molecule is COCN(C)CC(N)CCc1cncc(C)c1. The van der Waals surface area contributed by atoms with Gasteiger partial charge in [-0.05, 0) is 37.9 Å². The molecule has 96 valence electrons. The molecule has 17 heavy (non-hydrogen) atoms. The zero-order valence-electron chi connectivity index (χ0n) is 11.0. The maximum Gasteiger partial charge on any atom is 0.0984 e. The summed E-state index contributed by atoms with van der Waals surface area (Å²) >= 11 is 0. The molecule has 1 atom stereocenters. The van der Waals surface area contributed by atoms with Gasteiger partial charge in [0.2, 0.25) is 0 Å². The van der Waals surface area contributed by atoms with Crippen LogP contribution < -0.4 is 5.73 Å². The van der Waals surface area contributed by atoms with E-state index in [2.05, 4.69) is 22.9 Å². The molecule has 0 aromatic carbocycles. The van der Waals surface area contributed by atoms with Crippen molar-refractivity contribution in [2.75, 3.05) is 27.4 Å². The summed E-state index contributed by atoms with van der Waals surface area (Å²) in [5, 5.41) is 0. The van der Waals surface area contributed by atoms with Crippen LogP contribution >= 0.6 is 0 Å². The van der Waals surface area contributed by atoms with E-state index in [0.29, 0.717) is 6.73 Å². The summed E-state index contributed by atoms with van der Waals surface area (Å²) in [5.41, 5.74) is 8.53. The molecule has 0 saturated heterocycles. The summed E-state index contributed by atoms with van der Waals surface area (Å²) in [6.45, 7) is 3.54. The van der Waals surface area contributed by atoms with Crippen LogP contribution in [-0.4, -0.2) is 43.4 Å². The van der Waals surface area contributed by atoms with Crippen LogP contribution in [0.4, 0.5) is 0 Å². The molecule has 1 unspecified atom stereocenters. The highest BCUT2D eigenvalue weighted by Crippen LogP contribution is 2.06. The molecule has 0 amide bonds. The largest absolute Gasteiger partial charge is 0.369 e. The molecule has 2 N–H and O–H groups in total. The Hall–Kier alpha value is -0.970. The molecule has 1 heterocycles. The van der Waals surface area contributed by atoms with Gasteiger partial charge in [0, 0.05) is 32.1 Å². The third kappa shape index (κ3) is 5.77. The predicted octanol–water partition coefficient (Wildman–Crippen LogP) is 1.19. The molecule has 1 aromatic heterocycles. The van der Waals surface area contributed by atoms with E-state index >= 15 is 0 Å². The second-order valence-electron chi connectivity index (χ2n) is 4.63. The third-order valence-corrected chi connectivity index (χ3v) is 2.63. The van der Waals surface area contributed by atoms with Crippen LogP contribution in [0.2, 0.25) is 0 Å². The van der Waals surface area contributed by atoms with Gasteiger partial charge < -0.3 is 10.5 Å². The molecule has 0 aliphatic carbocycles. The fraction of sp³-hybridized carbons (Fsp3) is 0.615. The number of ether oxygens (including phenoxy) is 1. The number of rotatable bonds is 7. The summed E-state index contributed by atoms with van der Waals surface area (Å²) in [7, 11) is 3.71. The van der Waals surface area contributed by atoms with Crippen molar-refractivity contribution in [2.45, 2.75) is 25.8 Å². The minimum atomic E-state index is 0.177. The molecule has 0 saturated carbocycles. The molecule has 0 fully saturated rings. The summed E-state index contributed by atoms with van der Waals surface area (Å²) in [5.74, 6) is 0. The van der Waals surface area contributed by atoms with Gasteiger partial charge in [-0.1, -0.05) is 6.07 Å². The first-order valence-electron chi connectivity index (χ1n) is 5.95. The number of methoxy groups -OCH3 is 1. The molecule has 4 nitrogen and oxygen atoms in total. The minimum Gasteiger partial charge on any atom is -0.369 e. The van der Waals surface area contributed by atoms with E-state index in [1.54, 1.807) is 7.11 Å². The highest BCUT2D eigenvalue weighted by Gasteiger charge is 2.07. The standard InChI is InChI=1S/C13H23N3O/c1-11-6-12(8-15-7-11)4-5-13(14)9-16(2)10-17-3/h6-8,13H,4-5,9-10,14H2,1-3H3. The molecule has 0 radical (unpaired) electrons. The molecule has 4 heteroatoms. The van der Waals surface area contributed by atoms with Crippen molar-refractivity contribution in [3.8, 4) is 0 Å². The average molecular weight is 237 g/mol. The summed E-state index contributed by atoms with van der Waals surface area (Å²) in [6, 6.07) is 2.34. The molecule has 0 spiro atoms. The fourth-order valence-corrected chi connectivity index (χ4v) is 1.87. The molecule has 1 aromatic rings. The van der Waals surface area contributed by atoms with Gasteiger partial charge in [-0.2, -0.15) is 0 Å². The Balaban J connectivity index is 2.30. The van der Waals surface area contributed by atoms with Crippen molar-refractivity contribution >= 4 is 0 Å². The second kappa shape index (κ2) is 7.37. The summed E-state index contributed by atoms with van der Waals surface area (Å²) in [6.07, 6.45) is 5.74. The minimum absolute atomic E-state index is 0.177. The highest BCUT2D eigenvalue weighted by atomic mass is 16.5. The Bertz CT molecular complexity index is 330. The monoisotopic (exact) mass is 237 g/mol. The van der Waals surface area contributed by atoms with Crippen LogP contribution in [0.25, 0.3) is 0 Å². The van der Waals surface area contributed by atoms with Crippen LogP contribution in [0.5, 0.6) is 0 Å². The second-order valence-corrected chi connectivity index (χ2v) is 4.63. The van der Waals surface area contributed by atoms with Gasteiger partial charge in [-0.15, -0.1) is 0 Å². The van der Waals surface area contributed by atoms with Gasteiger partial charge in [0.1, 0.15) is 0 Å². The lowest BCUT2D eigenvalue weighted by Crippen LogP contribution is -2.36. The van der Waals surface area contributed by atoms with E-state index in [4.69, 9.17) is 10.5 Å². The van der Waals surface area contributed by atoms with Gasteiger partial charge in [0.25, 0.3) is 0 Å². The van der Waals surface area contributed by atoms with E-state index in [1.807, 2.05) is 19.4 Å². The average Bonchev–Trinajstić information content (AvgIpc) is 2.27. The number of aryl methyl sites for hydroxylation is 2. The van der Waals surface area contributed by atoms with Crippen molar-refractivity contribution in [3.05, 3.63) is 29.6 Å². The van der Waals surface area contributed by atoms with Gasteiger partial charge in [-0.25, -0.2) is 0 Å². The van der Waals surface area contributed by atoms with E-state index in [9.17, 15) is 0 Å². The topological polar surface area (TPSA) is 51.4 Å². The number of aromatic nitrogens is 1. The van der Waals surface area contributed by atoms with Crippen LogP contribution in [0, 0.1) is 6.92 Å². The lowest BCUT2D eigenvalue weighted by Gasteiger charge is -2.20. The van der Waals surface area contributed by atoms with E-state index < -0.39 is 0 Å². The van der Waals surface area contributed by atoms with Crippen molar-refractivity contribution in [1.29, 1.82) is 0 Å². The van der Waals surface area contributed by atoms with E-state index in [-0.39, 0.29) is 6.04 Å². The Kier molecular flexibility index (Phi) is 6.11. The number of hydrogen-bond donors (Lipinski definition) is 1. The van der Waals surface area contributed by atoms with Crippen molar-refractivity contribution in [2.24, 2.45) is 5.73 Å². The fourth-order valence-electron chi connectivity index (χ4n) is 1.87. The third-order valence-electron chi connectivity index (χ3n) is 2.63. The molecule has 0 aliphatic heterocycles. The highest BCUT2D eigenvalue weighted by molar-refractivity contribution is 5.16. The van der Waals surface area contributed by atoms with Crippen molar-refractivity contribution < 1.29 is 4.74 Å². The van der Waals surface area contributed by atoms with Crippen LogP contribution in [-0.2, 0) is 11.2 Å². The maximum atomic E-state index is 6.07. The van der Waals surface area contributed by atoms with Gasteiger partial charge in [0.05, 0.1) is 6.73 Å². The zero-order chi connectivity index (χ0) is 12.7. The first-order valence-corrected chi connectivity index (χ1v) is 5.95. The van der Waals surface area contributed by atoms with E-state index in [1.165, 1.54) is 11.1 Å². The Morgan fingerprint density at radius 3 is 2.88 bits per heavy atom. The van der Waals surface area contributed by atoms with Crippen LogP contribution in [0.1, 0.15) is 17.5 Å². The number of hydrogen-bond acceptors (Lipinski definition) is 4. The number of pyridine rings is 1. The quantitative estimate of drug-likeness (QED) is 0.724. The Labute approximate surface area is 104 Å². The van der Waals surface area contributed by atoms with Crippen LogP contribution in [0.15, 0.2) is 18.5 Å². The van der Waals surface area contributed by atoms with Crippen molar-refractivity contribution in [3.63, 3.8) is 0 Å². The summed E-state index contributed by atoms with van der Waals surface area (Å²) < 4.78 is 5.04. The Morgan fingerprint density at radius 2 is 2.24 bits per heavy atom. The number of nitrogens with zero attached hydrogens (tertiary/aromatic N) is 2. The van der Waals surface area contributed by atoms with E-state index in [0.717, 1.165) is 19.4 Å². The van der Waals surface area contributed by atoms with Gasteiger partial charge in [0.15, 0.2) is 0 Å². The first-order chi connectivity index (χ1) is 8.11. The normalized spacial score (nSPS) is 13.0. The molecular weight excluding hydrogens is 214 g/mol. The van der Waals surface area contributed by atoms with Gasteiger partial charge in [-0.3, -0.25) is 9.88 Å². The molecule has 0 bridgehead atoms. The smallest absolute Gasteiger partial charge is 0.0984 e. The van der Waals surface area contributed by atoms with Gasteiger partial charge >= 0.3 is 0 Å². The first kappa shape index (κ1) is 14.1. The lowest BCUT2D eigenvalue weighted by molar-refractivity contribution is 0.0774. The predicted molar refractivity (Wildman–Crippen MR) is 69.8 cm³/mol. The maximum absolute atomic E-state index is 6.07.